The molecular formula is C35H20O2. The molecule has 2 heteroatoms. The lowest BCUT2D eigenvalue weighted by Crippen LogP contribution is -2.13. The third kappa shape index (κ3) is 3.03. The van der Waals surface area contributed by atoms with Gasteiger partial charge in [0.25, 0.3) is 0 Å². The van der Waals surface area contributed by atoms with E-state index in [9.17, 15) is 9.59 Å². The lowest BCUT2D eigenvalue weighted by molar-refractivity contribution is 0.885. The second-order valence-electron chi connectivity index (χ2n) is 9.86. The van der Waals surface area contributed by atoms with Crippen LogP contribution in [0.2, 0.25) is 0 Å². The van der Waals surface area contributed by atoms with E-state index >= 15 is 0 Å². The van der Waals surface area contributed by atoms with Gasteiger partial charge in [-0.25, -0.2) is 0 Å². The van der Waals surface area contributed by atoms with Crippen molar-refractivity contribution in [3.05, 3.63) is 129 Å². The van der Waals surface area contributed by atoms with Gasteiger partial charge in [-0.05, 0) is 63.4 Å². The van der Waals surface area contributed by atoms with Crippen LogP contribution in [0.15, 0.2) is 88.5 Å². The smallest absolute Gasteiger partial charge is 0.197 e. The molecule has 0 N–H and O–H groups in total. The van der Waals surface area contributed by atoms with Crippen molar-refractivity contribution in [3.63, 3.8) is 0 Å². The SMILES string of the molecule is CC(C)c1c2cccc3c#cc4cccc5c(=O)c6cccc(c#cc7cccc1c7cc32)c6c(=O)c45. The maximum atomic E-state index is 13.9. The summed E-state index contributed by atoms with van der Waals surface area (Å²) in [6.45, 7) is 4.43. The summed E-state index contributed by atoms with van der Waals surface area (Å²) in [5, 5.41) is 8.87. The average molecular weight is 473 g/mol. The summed E-state index contributed by atoms with van der Waals surface area (Å²) in [5.41, 5.74) is 0.910. The third-order valence-corrected chi connectivity index (χ3v) is 7.39. The van der Waals surface area contributed by atoms with Crippen molar-refractivity contribution in [2.75, 3.05) is 0 Å². The first-order valence-corrected chi connectivity index (χ1v) is 12.4. The fourth-order valence-electron chi connectivity index (χ4n) is 5.76. The molecule has 0 radical (unpaired) electrons. The highest BCUT2D eigenvalue weighted by molar-refractivity contribution is 6.13. The maximum absolute atomic E-state index is 13.9. The van der Waals surface area contributed by atoms with E-state index in [0.717, 1.165) is 21.5 Å². The Labute approximate surface area is 213 Å². The predicted molar refractivity (Wildman–Crippen MR) is 153 cm³/mol. The molecule has 0 aromatic heterocycles. The number of rotatable bonds is 1. The van der Waals surface area contributed by atoms with Gasteiger partial charge >= 0.3 is 0 Å². The van der Waals surface area contributed by atoms with E-state index in [4.69, 9.17) is 0 Å². The van der Waals surface area contributed by atoms with E-state index in [1.165, 1.54) is 16.3 Å². The molecule has 7 aromatic rings. The van der Waals surface area contributed by atoms with Gasteiger partial charge in [0, 0.05) is 43.1 Å². The van der Waals surface area contributed by atoms with Gasteiger partial charge in [0.1, 0.15) is 0 Å². The Kier molecular flexibility index (Phi) is 4.50. The molecule has 7 aromatic carbocycles. The van der Waals surface area contributed by atoms with Crippen LogP contribution in [0.1, 0.15) is 25.3 Å². The molecule has 172 valence electrons. The van der Waals surface area contributed by atoms with Gasteiger partial charge in [-0.1, -0.05) is 86.6 Å². The minimum absolute atomic E-state index is 0.167. The van der Waals surface area contributed by atoms with Crippen molar-refractivity contribution in [1.82, 2.24) is 0 Å². The van der Waals surface area contributed by atoms with E-state index in [1.54, 1.807) is 24.3 Å². The van der Waals surface area contributed by atoms with E-state index in [1.807, 2.05) is 36.4 Å². The zero-order valence-corrected chi connectivity index (χ0v) is 20.4. The Morgan fingerprint density at radius 2 is 0.892 bits per heavy atom. The summed E-state index contributed by atoms with van der Waals surface area (Å²) in [4.78, 5) is 27.3. The standard InChI is InChI=1S/C35H20O2/c1-20(2)31-25-11-3-7-21-15-17-23-9-5-13-27-32(23)35(37)33-24(10-6-14-28(33)34(27)36)18-16-22-8-4-12-26(31)30(22)19-29(21)25/h3-14,19-20H,1-2H3. The van der Waals surface area contributed by atoms with E-state index in [-0.39, 0.29) is 10.9 Å². The normalized spacial score (nSPS) is 11.5. The van der Waals surface area contributed by atoms with Crippen LogP contribution >= 0.6 is 0 Å². The molecule has 37 heavy (non-hydrogen) atoms. The Morgan fingerprint density at radius 1 is 0.486 bits per heavy atom. The van der Waals surface area contributed by atoms with Crippen LogP contribution in [0, 0.1) is 24.3 Å². The molecule has 0 fully saturated rings. The summed E-state index contributed by atoms with van der Waals surface area (Å²) in [7, 11) is 0. The largest absolute Gasteiger partial charge is 0.289 e. The predicted octanol–water partition coefficient (Wildman–Crippen LogP) is 7.65. The topological polar surface area (TPSA) is 34.1 Å². The van der Waals surface area contributed by atoms with Crippen molar-refractivity contribution in [2.24, 2.45) is 0 Å². The molecule has 0 aliphatic heterocycles. The summed E-state index contributed by atoms with van der Waals surface area (Å²) >= 11 is 0. The Hall–Kier alpha value is -4.92. The van der Waals surface area contributed by atoms with Crippen molar-refractivity contribution >= 4 is 64.6 Å². The zero-order valence-electron chi connectivity index (χ0n) is 20.4. The van der Waals surface area contributed by atoms with Crippen molar-refractivity contribution < 1.29 is 0 Å². The van der Waals surface area contributed by atoms with Crippen LogP contribution in [0.3, 0.4) is 0 Å². The van der Waals surface area contributed by atoms with Gasteiger partial charge in [0.05, 0.1) is 0 Å². The first-order chi connectivity index (χ1) is 18.0. The van der Waals surface area contributed by atoms with Crippen LogP contribution in [-0.2, 0) is 0 Å². The Morgan fingerprint density at radius 3 is 1.35 bits per heavy atom. The molecule has 2 nitrogen and oxygen atoms in total. The van der Waals surface area contributed by atoms with Crippen LogP contribution in [-0.4, -0.2) is 0 Å². The van der Waals surface area contributed by atoms with E-state index in [0.29, 0.717) is 38.2 Å². The van der Waals surface area contributed by atoms with Crippen LogP contribution in [0.4, 0.5) is 0 Å². The van der Waals surface area contributed by atoms with Crippen LogP contribution in [0.25, 0.3) is 64.6 Å². The zero-order chi connectivity index (χ0) is 25.3. The van der Waals surface area contributed by atoms with Gasteiger partial charge in [-0.2, -0.15) is 0 Å². The van der Waals surface area contributed by atoms with Gasteiger partial charge in [-0.3, -0.25) is 9.59 Å². The van der Waals surface area contributed by atoms with E-state index < -0.39 is 0 Å². The molecule has 0 unspecified atom stereocenters. The quantitative estimate of drug-likeness (QED) is 0.230. The monoisotopic (exact) mass is 472 g/mol. The molecular weight excluding hydrogens is 452 g/mol. The summed E-state index contributed by atoms with van der Waals surface area (Å²) in [6, 6.07) is 38.5. The molecule has 0 atom stereocenters. The minimum Gasteiger partial charge on any atom is -0.289 e. The molecule has 0 aliphatic carbocycles. The summed E-state index contributed by atoms with van der Waals surface area (Å²) in [5.74, 6) is 0.303. The van der Waals surface area contributed by atoms with Gasteiger partial charge in [-0.15, -0.1) is 0 Å². The first kappa shape index (κ1) is 21.4. The minimum atomic E-state index is -0.200. The molecule has 0 heterocycles. The number of hydrogen-bond acceptors (Lipinski definition) is 2. The Balaban J connectivity index is 1.84. The van der Waals surface area contributed by atoms with Crippen molar-refractivity contribution in [3.8, 4) is 0 Å². The molecule has 7 rings (SSSR count). The second-order valence-corrected chi connectivity index (χ2v) is 9.86. The van der Waals surface area contributed by atoms with Crippen LogP contribution < -0.4 is 10.9 Å². The summed E-state index contributed by atoms with van der Waals surface area (Å²) < 4.78 is 0. The summed E-state index contributed by atoms with van der Waals surface area (Å²) in [6.07, 6.45) is 0. The first-order valence-electron chi connectivity index (χ1n) is 12.4. The van der Waals surface area contributed by atoms with Gasteiger partial charge in [0.15, 0.2) is 10.9 Å². The number of hydrogen-bond donors (Lipinski definition) is 0. The van der Waals surface area contributed by atoms with Crippen molar-refractivity contribution in [2.45, 2.75) is 19.8 Å². The Bertz CT molecular complexity index is 2060. The molecule has 0 spiro atoms. The second kappa shape index (κ2) is 7.79. The van der Waals surface area contributed by atoms with Gasteiger partial charge in [0.2, 0.25) is 0 Å². The highest BCUT2D eigenvalue weighted by atomic mass is 16.1. The fraction of sp³-hybridized carbons (Fsp3) is 0.0857. The highest BCUT2D eigenvalue weighted by Crippen LogP contribution is 2.36. The molecule has 4 bridgehead atoms. The molecule has 0 aliphatic rings. The highest BCUT2D eigenvalue weighted by Gasteiger charge is 2.14. The van der Waals surface area contributed by atoms with E-state index in [2.05, 4.69) is 56.3 Å². The lowest BCUT2D eigenvalue weighted by Gasteiger charge is -2.15. The van der Waals surface area contributed by atoms with Gasteiger partial charge < -0.3 is 0 Å². The molecule has 0 amide bonds. The maximum Gasteiger partial charge on any atom is 0.197 e. The average Bonchev–Trinajstić information content (AvgIpc) is 2.91. The fourth-order valence-corrected chi connectivity index (χ4v) is 5.76. The third-order valence-electron chi connectivity index (χ3n) is 7.39. The number of benzene rings is 6. The van der Waals surface area contributed by atoms with Crippen LogP contribution in [0.5, 0.6) is 0 Å². The molecule has 0 saturated carbocycles. The van der Waals surface area contributed by atoms with Crippen molar-refractivity contribution in [1.29, 1.82) is 0 Å². The molecule has 0 saturated heterocycles. The lowest BCUT2D eigenvalue weighted by atomic mass is 9.88.